The highest BCUT2D eigenvalue weighted by Gasteiger charge is 2.27. The molecule has 0 unspecified atom stereocenters. The summed E-state index contributed by atoms with van der Waals surface area (Å²) in [6, 6.07) is 13.7. The Kier molecular flexibility index (Phi) is 8.30. The number of pyridine rings is 1. The zero-order chi connectivity index (χ0) is 28.4. The minimum atomic E-state index is -0.524. The van der Waals surface area contributed by atoms with Crippen molar-refractivity contribution in [3.63, 3.8) is 0 Å². The van der Waals surface area contributed by atoms with Crippen molar-refractivity contribution in [2.24, 2.45) is 0 Å². The molecule has 206 valence electrons. The predicted molar refractivity (Wildman–Crippen MR) is 161 cm³/mol. The van der Waals surface area contributed by atoms with E-state index < -0.39 is 11.4 Å². The van der Waals surface area contributed by atoms with Gasteiger partial charge < -0.3 is 10.2 Å². The van der Waals surface area contributed by atoms with Crippen LogP contribution in [0.4, 0.5) is 4.39 Å². The van der Waals surface area contributed by atoms with Crippen LogP contribution in [0.2, 0.25) is 5.02 Å². The van der Waals surface area contributed by atoms with E-state index in [4.69, 9.17) is 16.6 Å². The molecule has 9 heteroatoms. The molecule has 1 saturated heterocycles. The van der Waals surface area contributed by atoms with Gasteiger partial charge >= 0.3 is 0 Å². The number of aromatic nitrogens is 2. The van der Waals surface area contributed by atoms with Crippen molar-refractivity contribution in [3.8, 4) is 27.5 Å². The summed E-state index contributed by atoms with van der Waals surface area (Å²) in [5, 5.41) is 6.20. The van der Waals surface area contributed by atoms with Crippen molar-refractivity contribution in [1.82, 2.24) is 19.8 Å². The van der Waals surface area contributed by atoms with Gasteiger partial charge in [0, 0.05) is 42.1 Å². The van der Waals surface area contributed by atoms with Crippen LogP contribution >= 0.6 is 22.9 Å². The second kappa shape index (κ2) is 11.9. The molecule has 1 fully saturated rings. The molecule has 5 rings (SSSR count). The third-order valence-electron chi connectivity index (χ3n) is 6.85. The van der Waals surface area contributed by atoms with Crippen LogP contribution in [0.25, 0.3) is 33.6 Å². The first kappa shape index (κ1) is 28.0. The molecule has 0 atom stereocenters. The number of benzene rings is 2. The number of hydrogen-bond acceptors (Lipinski definition) is 5. The van der Waals surface area contributed by atoms with Gasteiger partial charge in [-0.2, -0.15) is 0 Å². The Hall–Kier alpha value is -3.59. The SMILES string of the molecule is CCc1cccc(F)c1-n1c(C=C(C)C)c(C(=O)N2CCNCC2)cc(-c2nc(-c3ccc(Cl)cc3)cs2)c1=O. The van der Waals surface area contributed by atoms with Crippen LogP contribution in [0.15, 0.2) is 64.3 Å². The number of nitrogens with one attached hydrogen (secondary N) is 1. The maximum atomic E-state index is 15.6. The summed E-state index contributed by atoms with van der Waals surface area (Å²) >= 11 is 7.37. The molecule has 0 bridgehead atoms. The minimum Gasteiger partial charge on any atom is -0.336 e. The molecule has 1 aliphatic rings. The number of carbonyl (C=O) groups is 1. The van der Waals surface area contributed by atoms with E-state index in [0.29, 0.717) is 65.1 Å². The van der Waals surface area contributed by atoms with Crippen LogP contribution in [-0.4, -0.2) is 46.5 Å². The molecule has 3 heterocycles. The van der Waals surface area contributed by atoms with Crippen molar-refractivity contribution in [3.05, 3.63) is 97.5 Å². The Labute approximate surface area is 241 Å². The minimum absolute atomic E-state index is 0.160. The van der Waals surface area contributed by atoms with Crippen molar-refractivity contribution >= 4 is 34.9 Å². The van der Waals surface area contributed by atoms with Crippen molar-refractivity contribution < 1.29 is 9.18 Å². The molecule has 0 aliphatic carbocycles. The van der Waals surface area contributed by atoms with E-state index in [2.05, 4.69) is 5.32 Å². The van der Waals surface area contributed by atoms with Crippen LogP contribution in [-0.2, 0) is 6.42 Å². The molecule has 6 nitrogen and oxygen atoms in total. The number of halogens is 2. The molecule has 2 aromatic heterocycles. The quantitative estimate of drug-likeness (QED) is 0.286. The summed E-state index contributed by atoms with van der Waals surface area (Å²) in [5.41, 5.74) is 3.78. The number of carbonyl (C=O) groups excluding carboxylic acids is 1. The zero-order valence-corrected chi connectivity index (χ0v) is 24.2. The lowest BCUT2D eigenvalue weighted by Gasteiger charge is -2.29. The summed E-state index contributed by atoms with van der Waals surface area (Å²) in [4.78, 5) is 34.9. The normalized spacial score (nSPS) is 13.4. The highest BCUT2D eigenvalue weighted by Crippen LogP contribution is 2.31. The first-order chi connectivity index (χ1) is 19.3. The first-order valence-electron chi connectivity index (χ1n) is 13.2. The van der Waals surface area contributed by atoms with Crippen molar-refractivity contribution in [2.45, 2.75) is 27.2 Å². The average molecular weight is 577 g/mol. The van der Waals surface area contributed by atoms with E-state index in [-0.39, 0.29) is 17.2 Å². The summed E-state index contributed by atoms with van der Waals surface area (Å²) < 4.78 is 17.0. The number of hydrogen-bond donors (Lipinski definition) is 1. The van der Waals surface area contributed by atoms with Crippen molar-refractivity contribution in [2.75, 3.05) is 26.2 Å². The number of amides is 1. The Bertz CT molecular complexity index is 1650. The van der Waals surface area contributed by atoms with Crippen LogP contribution in [0.5, 0.6) is 0 Å². The molecule has 40 heavy (non-hydrogen) atoms. The number of rotatable bonds is 6. The monoisotopic (exact) mass is 576 g/mol. The third kappa shape index (κ3) is 5.52. The van der Waals surface area contributed by atoms with E-state index in [0.717, 1.165) is 11.1 Å². The Morgan fingerprint density at radius 2 is 1.88 bits per heavy atom. The molecular formula is C31H30ClFN4O2S. The fraction of sp³-hybridized carbons (Fsp3) is 0.258. The van der Waals surface area contributed by atoms with E-state index in [1.807, 2.05) is 44.4 Å². The zero-order valence-electron chi connectivity index (χ0n) is 22.6. The molecule has 0 saturated carbocycles. The van der Waals surface area contributed by atoms with Gasteiger partial charge in [-0.25, -0.2) is 9.37 Å². The maximum Gasteiger partial charge on any atom is 0.266 e. The highest BCUT2D eigenvalue weighted by atomic mass is 35.5. The Morgan fingerprint density at radius 1 is 1.15 bits per heavy atom. The largest absolute Gasteiger partial charge is 0.336 e. The summed E-state index contributed by atoms with van der Waals surface area (Å²) in [6.07, 6.45) is 2.30. The molecule has 0 spiro atoms. The number of thiazole rings is 1. The Morgan fingerprint density at radius 3 is 2.55 bits per heavy atom. The average Bonchev–Trinajstić information content (AvgIpc) is 3.44. The standard InChI is InChI=1S/C31H30ClFN4O2S/c1-4-20-6-5-7-25(33)28(20)37-27(16-19(2)3)23(30(38)36-14-12-34-13-15-36)17-24(31(37)39)29-35-26(18-40-29)21-8-10-22(32)11-9-21/h5-11,16-18,34H,4,12-15H2,1-3H3. The lowest BCUT2D eigenvalue weighted by molar-refractivity contribution is 0.0735. The molecule has 1 aliphatic heterocycles. The molecule has 2 aromatic carbocycles. The number of aryl methyl sites for hydroxylation is 1. The van der Waals surface area contributed by atoms with Gasteiger partial charge in [0.1, 0.15) is 10.8 Å². The van der Waals surface area contributed by atoms with E-state index in [1.54, 1.807) is 35.2 Å². The molecule has 1 amide bonds. The van der Waals surface area contributed by atoms with Gasteiger partial charge in [0.05, 0.1) is 28.2 Å². The molecule has 1 N–H and O–H groups in total. The van der Waals surface area contributed by atoms with Gasteiger partial charge in [0.25, 0.3) is 11.5 Å². The van der Waals surface area contributed by atoms with Gasteiger partial charge in [-0.3, -0.25) is 14.2 Å². The summed E-state index contributed by atoms with van der Waals surface area (Å²) in [7, 11) is 0. The summed E-state index contributed by atoms with van der Waals surface area (Å²) in [5.74, 6) is -0.726. The maximum absolute atomic E-state index is 15.6. The molecule has 4 aromatic rings. The molecular weight excluding hydrogens is 547 g/mol. The first-order valence-corrected chi connectivity index (χ1v) is 14.5. The van der Waals surface area contributed by atoms with Crippen LogP contribution in [0.1, 0.15) is 42.4 Å². The lowest BCUT2D eigenvalue weighted by Crippen LogP contribution is -2.47. The summed E-state index contributed by atoms with van der Waals surface area (Å²) in [6.45, 7) is 8.14. The predicted octanol–water partition coefficient (Wildman–Crippen LogP) is 6.45. The number of nitrogens with zero attached hydrogens (tertiary/aromatic N) is 3. The fourth-order valence-corrected chi connectivity index (χ4v) is 5.84. The number of allylic oxidation sites excluding steroid dienone is 1. The molecule has 0 radical (unpaired) electrons. The lowest BCUT2D eigenvalue weighted by atomic mass is 10.0. The topological polar surface area (TPSA) is 67.2 Å². The van der Waals surface area contributed by atoms with Crippen LogP contribution < -0.4 is 10.9 Å². The van der Waals surface area contributed by atoms with E-state index in [1.165, 1.54) is 22.0 Å². The van der Waals surface area contributed by atoms with Gasteiger partial charge in [0.2, 0.25) is 0 Å². The van der Waals surface area contributed by atoms with E-state index in [9.17, 15) is 9.59 Å². The second-order valence-electron chi connectivity index (χ2n) is 9.91. The smallest absolute Gasteiger partial charge is 0.266 e. The van der Waals surface area contributed by atoms with Gasteiger partial charge in [-0.05, 0) is 56.2 Å². The van der Waals surface area contributed by atoms with Gasteiger partial charge in [0.15, 0.2) is 0 Å². The Balaban J connectivity index is 1.80. The fourth-order valence-electron chi connectivity index (χ4n) is 4.88. The highest BCUT2D eigenvalue weighted by molar-refractivity contribution is 7.13. The van der Waals surface area contributed by atoms with Crippen LogP contribution in [0, 0.1) is 5.82 Å². The van der Waals surface area contributed by atoms with Crippen molar-refractivity contribution in [1.29, 1.82) is 0 Å². The number of para-hydroxylation sites is 1. The van der Waals surface area contributed by atoms with Gasteiger partial charge in [-0.1, -0.05) is 48.4 Å². The third-order valence-corrected chi connectivity index (χ3v) is 7.98. The van der Waals surface area contributed by atoms with E-state index >= 15 is 4.39 Å². The second-order valence-corrected chi connectivity index (χ2v) is 11.2. The van der Waals surface area contributed by atoms with Crippen LogP contribution in [0.3, 0.4) is 0 Å². The van der Waals surface area contributed by atoms with Gasteiger partial charge in [-0.15, -0.1) is 11.3 Å². The number of piperazine rings is 1.